The standard InChI is InChI=1S/C20H22BrIN2O3S/c21-15-6-12-19(13-7-15)28(26,27)24(18-4-2-1-3-5-18)14-20(25)23-17-10-8-16(22)9-11-17/h6-13,18H,1-5,14H2,(H,23,25). The summed E-state index contributed by atoms with van der Waals surface area (Å²) in [6.45, 7) is -0.185. The van der Waals surface area contributed by atoms with Gasteiger partial charge in [0.15, 0.2) is 0 Å². The van der Waals surface area contributed by atoms with Crippen molar-refractivity contribution >= 4 is 60.1 Å². The molecule has 0 aliphatic heterocycles. The molecule has 0 unspecified atom stereocenters. The normalized spacial score (nSPS) is 15.5. The molecule has 1 aliphatic carbocycles. The molecule has 0 aromatic heterocycles. The van der Waals surface area contributed by atoms with E-state index >= 15 is 0 Å². The fraction of sp³-hybridized carbons (Fsp3) is 0.350. The van der Waals surface area contributed by atoms with Crippen LogP contribution < -0.4 is 5.32 Å². The number of amides is 1. The number of hydrogen-bond donors (Lipinski definition) is 1. The van der Waals surface area contributed by atoms with E-state index in [1.807, 2.05) is 24.3 Å². The summed E-state index contributed by atoms with van der Waals surface area (Å²) >= 11 is 5.53. The number of hydrogen-bond acceptors (Lipinski definition) is 3. The van der Waals surface area contributed by atoms with Gasteiger partial charge in [-0.15, -0.1) is 0 Å². The van der Waals surface area contributed by atoms with Crippen LogP contribution in [0.2, 0.25) is 0 Å². The van der Waals surface area contributed by atoms with Crippen molar-refractivity contribution in [3.63, 3.8) is 0 Å². The number of benzene rings is 2. The maximum atomic E-state index is 13.3. The van der Waals surface area contributed by atoms with Gasteiger partial charge in [0, 0.05) is 19.8 Å². The molecule has 8 heteroatoms. The largest absolute Gasteiger partial charge is 0.325 e. The van der Waals surface area contributed by atoms with E-state index in [2.05, 4.69) is 43.8 Å². The summed E-state index contributed by atoms with van der Waals surface area (Å²) in [5.41, 5.74) is 0.662. The Balaban J connectivity index is 1.83. The summed E-state index contributed by atoms with van der Waals surface area (Å²) in [6, 6.07) is 13.8. The lowest BCUT2D eigenvalue weighted by Crippen LogP contribution is -2.45. The van der Waals surface area contributed by atoms with Gasteiger partial charge in [-0.2, -0.15) is 4.31 Å². The molecule has 1 saturated carbocycles. The number of halogens is 2. The highest BCUT2D eigenvalue weighted by Gasteiger charge is 2.33. The van der Waals surface area contributed by atoms with Crippen LogP contribution >= 0.6 is 38.5 Å². The highest BCUT2D eigenvalue weighted by atomic mass is 127. The number of carbonyl (C=O) groups is 1. The molecule has 1 fully saturated rings. The van der Waals surface area contributed by atoms with Crippen molar-refractivity contribution < 1.29 is 13.2 Å². The monoisotopic (exact) mass is 576 g/mol. The number of sulfonamides is 1. The molecule has 1 aliphatic rings. The minimum absolute atomic E-state index is 0.148. The summed E-state index contributed by atoms with van der Waals surface area (Å²) in [5, 5.41) is 2.82. The van der Waals surface area contributed by atoms with E-state index in [-0.39, 0.29) is 23.4 Å². The quantitative estimate of drug-likeness (QED) is 0.491. The molecule has 3 rings (SSSR count). The molecular formula is C20H22BrIN2O3S. The zero-order valence-corrected chi connectivity index (χ0v) is 19.8. The molecule has 0 radical (unpaired) electrons. The molecule has 2 aromatic carbocycles. The van der Waals surface area contributed by atoms with Gasteiger partial charge in [-0.3, -0.25) is 4.79 Å². The van der Waals surface area contributed by atoms with Crippen LogP contribution in [0.1, 0.15) is 32.1 Å². The van der Waals surface area contributed by atoms with Crippen LogP contribution in [-0.2, 0) is 14.8 Å². The van der Waals surface area contributed by atoms with Crippen LogP contribution in [0.25, 0.3) is 0 Å². The number of nitrogens with zero attached hydrogens (tertiary/aromatic N) is 1. The molecule has 2 aromatic rings. The number of carbonyl (C=O) groups excluding carboxylic acids is 1. The summed E-state index contributed by atoms with van der Waals surface area (Å²) in [5.74, 6) is -0.326. The Labute approximate surface area is 188 Å². The van der Waals surface area contributed by atoms with E-state index in [0.717, 1.165) is 40.1 Å². The molecule has 0 atom stereocenters. The lowest BCUT2D eigenvalue weighted by Gasteiger charge is -2.33. The second-order valence-corrected chi connectivity index (χ2v) is 10.9. The van der Waals surface area contributed by atoms with Gasteiger partial charge in [-0.05, 0) is 84.0 Å². The van der Waals surface area contributed by atoms with E-state index in [9.17, 15) is 13.2 Å². The van der Waals surface area contributed by atoms with Crippen LogP contribution in [-0.4, -0.2) is 31.2 Å². The summed E-state index contributed by atoms with van der Waals surface area (Å²) in [6.07, 6.45) is 4.64. The van der Waals surface area contributed by atoms with Gasteiger partial charge >= 0.3 is 0 Å². The topological polar surface area (TPSA) is 66.5 Å². The van der Waals surface area contributed by atoms with Crippen LogP contribution in [0.5, 0.6) is 0 Å². The molecule has 1 N–H and O–H groups in total. The fourth-order valence-electron chi connectivity index (χ4n) is 3.40. The highest BCUT2D eigenvalue weighted by Crippen LogP contribution is 2.28. The minimum Gasteiger partial charge on any atom is -0.325 e. The average molecular weight is 577 g/mol. The Hall–Kier alpha value is -0.970. The molecule has 150 valence electrons. The molecule has 28 heavy (non-hydrogen) atoms. The van der Waals surface area contributed by atoms with Gasteiger partial charge < -0.3 is 5.32 Å². The molecule has 0 heterocycles. The van der Waals surface area contributed by atoms with Gasteiger partial charge in [-0.1, -0.05) is 35.2 Å². The molecule has 0 saturated heterocycles. The molecule has 0 spiro atoms. The van der Waals surface area contributed by atoms with E-state index in [0.29, 0.717) is 5.69 Å². The Kier molecular flexibility index (Phi) is 7.52. The predicted octanol–water partition coefficient (Wildman–Crippen LogP) is 5.02. The van der Waals surface area contributed by atoms with Crippen LogP contribution in [0.15, 0.2) is 57.9 Å². The maximum Gasteiger partial charge on any atom is 0.243 e. The Morgan fingerprint density at radius 2 is 1.64 bits per heavy atom. The lowest BCUT2D eigenvalue weighted by molar-refractivity contribution is -0.116. The minimum atomic E-state index is -3.76. The zero-order valence-electron chi connectivity index (χ0n) is 15.3. The van der Waals surface area contributed by atoms with E-state index in [1.54, 1.807) is 24.3 Å². The maximum absolute atomic E-state index is 13.3. The Morgan fingerprint density at radius 1 is 1.04 bits per heavy atom. The Bertz CT molecular complexity index is 911. The van der Waals surface area contributed by atoms with E-state index in [4.69, 9.17) is 0 Å². The molecule has 5 nitrogen and oxygen atoms in total. The third-order valence-electron chi connectivity index (χ3n) is 4.83. The van der Waals surface area contributed by atoms with E-state index < -0.39 is 10.0 Å². The van der Waals surface area contributed by atoms with Gasteiger partial charge in [0.2, 0.25) is 15.9 Å². The number of nitrogens with one attached hydrogen (secondary N) is 1. The smallest absolute Gasteiger partial charge is 0.243 e. The van der Waals surface area contributed by atoms with Crippen LogP contribution in [0.3, 0.4) is 0 Å². The Morgan fingerprint density at radius 3 is 2.25 bits per heavy atom. The summed E-state index contributed by atoms with van der Waals surface area (Å²) in [4.78, 5) is 12.9. The third-order valence-corrected chi connectivity index (χ3v) is 7.99. The van der Waals surface area contributed by atoms with Crippen molar-refractivity contribution in [2.45, 2.75) is 43.0 Å². The van der Waals surface area contributed by atoms with Crippen molar-refractivity contribution in [3.05, 3.63) is 56.6 Å². The first-order valence-corrected chi connectivity index (χ1v) is 12.5. The summed E-state index contributed by atoms with van der Waals surface area (Å²) < 4.78 is 29.9. The SMILES string of the molecule is O=C(CN(C1CCCCC1)S(=O)(=O)c1ccc(Br)cc1)Nc1ccc(I)cc1. The predicted molar refractivity (Wildman–Crippen MR) is 123 cm³/mol. The van der Waals surface area contributed by atoms with Crippen LogP contribution in [0, 0.1) is 3.57 Å². The van der Waals surface area contributed by atoms with Gasteiger partial charge in [0.05, 0.1) is 11.4 Å². The van der Waals surface area contributed by atoms with Gasteiger partial charge in [-0.25, -0.2) is 8.42 Å². The van der Waals surface area contributed by atoms with Crippen molar-refractivity contribution in [1.82, 2.24) is 4.31 Å². The van der Waals surface area contributed by atoms with Gasteiger partial charge in [0.1, 0.15) is 0 Å². The molecular weight excluding hydrogens is 555 g/mol. The second-order valence-electron chi connectivity index (χ2n) is 6.85. The molecule has 1 amide bonds. The van der Waals surface area contributed by atoms with Crippen molar-refractivity contribution in [2.24, 2.45) is 0 Å². The highest BCUT2D eigenvalue weighted by molar-refractivity contribution is 14.1. The first-order valence-electron chi connectivity index (χ1n) is 9.19. The zero-order chi connectivity index (χ0) is 20.1. The first-order chi connectivity index (χ1) is 13.4. The summed E-state index contributed by atoms with van der Waals surface area (Å²) in [7, 11) is -3.76. The third kappa shape index (κ3) is 5.55. The van der Waals surface area contributed by atoms with Gasteiger partial charge in [0.25, 0.3) is 0 Å². The lowest BCUT2D eigenvalue weighted by atomic mass is 9.95. The van der Waals surface area contributed by atoms with Crippen molar-refractivity contribution in [1.29, 1.82) is 0 Å². The van der Waals surface area contributed by atoms with Crippen LogP contribution in [0.4, 0.5) is 5.69 Å². The first kappa shape index (κ1) is 21.7. The average Bonchev–Trinajstić information content (AvgIpc) is 2.69. The number of anilines is 1. The fourth-order valence-corrected chi connectivity index (χ4v) is 5.66. The molecule has 0 bridgehead atoms. The number of rotatable bonds is 6. The second kappa shape index (κ2) is 9.69. The van der Waals surface area contributed by atoms with E-state index in [1.165, 1.54) is 4.31 Å². The van der Waals surface area contributed by atoms with Crippen molar-refractivity contribution in [3.8, 4) is 0 Å². The van der Waals surface area contributed by atoms with Crippen molar-refractivity contribution in [2.75, 3.05) is 11.9 Å².